The first-order chi connectivity index (χ1) is 6.84. The van der Waals surface area contributed by atoms with Crippen molar-refractivity contribution in [1.29, 1.82) is 0 Å². The van der Waals surface area contributed by atoms with Crippen molar-refractivity contribution in [3.8, 4) is 0 Å². The van der Waals surface area contributed by atoms with Crippen molar-refractivity contribution in [1.82, 2.24) is 9.78 Å². The third-order valence-corrected chi connectivity index (χ3v) is 1.84. The van der Waals surface area contributed by atoms with Gasteiger partial charge >= 0.3 is 0 Å². The van der Waals surface area contributed by atoms with Crippen LogP contribution in [-0.4, -0.2) is 9.78 Å². The monoisotopic (exact) mass is 185 g/mol. The fourth-order valence-corrected chi connectivity index (χ4v) is 1.16. The molecular weight excluding hydrogens is 174 g/mol. The Morgan fingerprint density at radius 2 is 2.00 bits per heavy atom. The van der Waals surface area contributed by atoms with Gasteiger partial charge in [-0.3, -0.25) is 0 Å². The fourth-order valence-electron chi connectivity index (χ4n) is 1.16. The average Bonchev–Trinajstić information content (AvgIpc) is 2.63. The van der Waals surface area contributed by atoms with Gasteiger partial charge in [0.1, 0.15) is 0 Å². The number of rotatable bonds is 2. The largest absolute Gasteiger partial charge is 0.396 e. The second-order valence-electron chi connectivity index (χ2n) is 2.98. The van der Waals surface area contributed by atoms with Gasteiger partial charge in [0.25, 0.3) is 0 Å². The quantitative estimate of drug-likeness (QED) is 0.778. The first kappa shape index (κ1) is 8.56. The molecule has 0 saturated heterocycles. The van der Waals surface area contributed by atoms with E-state index in [0.29, 0.717) is 5.69 Å². The molecule has 0 aliphatic heterocycles. The molecule has 2 rings (SSSR count). The van der Waals surface area contributed by atoms with Crippen LogP contribution in [0.15, 0.2) is 42.7 Å². The van der Waals surface area contributed by atoms with Gasteiger partial charge in [-0.25, -0.2) is 4.68 Å². The zero-order valence-electron chi connectivity index (χ0n) is 7.67. The van der Waals surface area contributed by atoms with Gasteiger partial charge < -0.3 is 5.73 Å². The van der Waals surface area contributed by atoms with Crippen LogP contribution >= 0.6 is 0 Å². The van der Waals surface area contributed by atoms with Crippen LogP contribution in [0.1, 0.15) is 5.56 Å². The predicted molar refractivity (Wildman–Crippen MR) is 58.3 cm³/mol. The summed E-state index contributed by atoms with van der Waals surface area (Å²) >= 11 is 0. The smallest absolute Gasteiger partial charge is 0.0724 e. The Labute approximate surface area is 82.5 Å². The van der Waals surface area contributed by atoms with E-state index in [-0.39, 0.29) is 0 Å². The van der Waals surface area contributed by atoms with Crippen molar-refractivity contribution in [3.63, 3.8) is 0 Å². The molecular formula is C11H11N3. The molecule has 3 heteroatoms. The summed E-state index contributed by atoms with van der Waals surface area (Å²) in [5.74, 6) is 0. The summed E-state index contributed by atoms with van der Waals surface area (Å²) in [7, 11) is 0. The summed E-state index contributed by atoms with van der Waals surface area (Å²) in [5, 5.41) is 4.04. The summed E-state index contributed by atoms with van der Waals surface area (Å²) in [6.45, 7) is 0. The summed E-state index contributed by atoms with van der Waals surface area (Å²) in [5.41, 5.74) is 7.34. The van der Waals surface area contributed by atoms with Crippen LogP contribution in [0.25, 0.3) is 12.3 Å². The van der Waals surface area contributed by atoms with E-state index in [1.54, 1.807) is 17.1 Å². The van der Waals surface area contributed by atoms with Crippen molar-refractivity contribution in [2.45, 2.75) is 0 Å². The molecule has 0 saturated carbocycles. The Morgan fingerprint density at radius 1 is 1.21 bits per heavy atom. The van der Waals surface area contributed by atoms with Crippen LogP contribution in [0, 0.1) is 0 Å². The van der Waals surface area contributed by atoms with E-state index in [1.807, 2.05) is 42.6 Å². The van der Waals surface area contributed by atoms with Gasteiger partial charge in [0, 0.05) is 6.20 Å². The van der Waals surface area contributed by atoms with Gasteiger partial charge in [-0.1, -0.05) is 30.3 Å². The highest BCUT2D eigenvalue weighted by atomic mass is 15.3. The van der Waals surface area contributed by atoms with Crippen molar-refractivity contribution >= 4 is 18.0 Å². The van der Waals surface area contributed by atoms with Crippen molar-refractivity contribution in [2.24, 2.45) is 0 Å². The maximum absolute atomic E-state index is 5.53. The van der Waals surface area contributed by atoms with Crippen LogP contribution in [0.4, 0.5) is 5.69 Å². The van der Waals surface area contributed by atoms with Gasteiger partial charge in [-0.15, -0.1) is 0 Å². The average molecular weight is 185 g/mol. The zero-order chi connectivity index (χ0) is 9.80. The van der Waals surface area contributed by atoms with Crippen molar-refractivity contribution in [3.05, 3.63) is 48.3 Å². The Hall–Kier alpha value is -2.03. The third-order valence-electron chi connectivity index (χ3n) is 1.84. The van der Waals surface area contributed by atoms with E-state index in [2.05, 4.69) is 5.10 Å². The molecule has 3 nitrogen and oxygen atoms in total. The molecule has 0 bridgehead atoms. The van der Waals surface area contributed by atoms with Crippen LogP contribution in [-0.2, 0) is 0 Å². The number of aromatic nitrogens is 2. The van der Waals surface area contributed by atoms with E-state index < -0.39 is 0 Å². The Bertz CT molecular complexity index is 429. The Morgan fingerprint density at radius 3 is 2.64 bits per heavy atom. The molecule has 0 aliphatic rings. The summed E-state index contributed by atoms with van der Waals surface area (Å²) in [6, 6.07) is 10.0. The fraction of sp³-hybridized carbons (Fsp3) is 0. The summed E-state index contributed by atoms with van der Waals surface area (Å²) < 4.78 is 1.68. The summed E-state index contributed by atoms with van der Waals surface area (Å²) in [6.07, 6.45) is 7.23. The highest BCUT2D eigenvalue weighted by molar-refractivity contribution is 5.60. The van der Waals surface area contributed by atoms with Crippen LogP contribution in [0.2, 0.25) is 0 Å². The minimum Gasteiger partial charge on any atom is -0.396 e. The number of hydrogen-bond donors (Lipinski definition) is 1. The number of nitrogen functional groups attached to an aromatic ring is 1. The molecule has 1 heterocycles. The maximum Gasteiger partial charge on any atom is 0.0724 e. The second-order valence-corrected chi connectivity index (χ2v) is 2.98. The van der Waals surface area contributed by atoms with Gasteiger partial charge in [-0.05, 0) is 11.6 Å². The number of hydrogen-bond acceptors (Lipinski definition) is 2. The Kier molecular flexibility index (Phi) is 2.32. The molecule has 0 radical (unpaired) electrons. The molecule has 70 valence electrons. The highest BCUT2D eigenvalue weighted by Gasteiger charge is 1.88. The lowest BCUT2D eigenvalue weighted by molar-refractivity contribution is 0.938. The molecule has 2 N–H and O–H groups in total. The topological polar surface area (TPSA) is 43.8 Å². The van der Waals surface area contributed by atoms with E-state index in [9.17, 15) is 0 Å². The van der Waals surface area contributed by atoms with Gasteiger partial charge in [-0.2, -0.15) is 5.10 Å². The second kappa shape index (κ2) is 3.79. The zero-order valence-corrected chi connectivity index (χ0v) is 7.67. The lowest BCUT2D eigenvalue weighted by Crippen LogP contribution is -1.84. The highest BCUT2D eigenvalue weighted by Crippen LogP contribution is 2.03. The minimum absolute atomic E-state index is 0.669. The van der Waals surface area contributed by atoms with E-state index in [4.69, 9.17) is 5.73 Å². The van der Waals surface area contributed by atoms with Gasteiger partial charge in [0.2, 0.25) is 0 Å². The lowest BCUT2D eigenvalue weighted by atomic mass is 10.2. The maximum atomic E-state index is 5.53. The van der Waals surface area contributed by atoms with E-state index in [1.165, 1.54) is 0 Å². The van der Waals surface area contributed by atoms with Gasteiger partial charge in [0.15, 0.2) is 0 Å². The number of anilines is 1. The molecule has 2 aromatic rings. The van der Waals surface area contributed by atoms with Gasteiger partial charge in [0.05, 0.1) is 18.1 Å². The molecule has 0 unspecified atom stereocenters. The first-order valence-electron chi connectivity index (χ1n) is 4.37. The van der Waals surface area contributed by atoms with Crippen LogP contribution in [0.3, 0.4) is 0 Å². The molecule has 1 aromatic carbocycles. The molecule has 0 atom stereocenters. The predicted octanol–water partition coefficient (Wildman–Crippen LogP) is 2.09. The first-order valence-corrected chi connectivity index (χ1v) is 4.37. The lowest BCUT2D eigenvalue weighted by Gasteiger charge is -1.91. The third kappa shape index (κ3) is 2.01. The molecule has 0 spiro atoms. The number of nitrogens with two attached hydrogens (primary N) is 1. The molecule has 0 amide bonds. The molecule has 14 heavy (non-hydrogen) atoms. The normalized spacial score (nSPS) is 10.9. The van der Waals surface area contributed by atoms with E-state index >= 15 is 0 Å². The minimum atomic E-state index is 0.669. The Balaban J connectivity index is 2.15. The standard InChI is InChI=1S/C11H11N3/c12-11-8-13-14(9-11)7-6-10-4-2-1-3-5-10/h1-9H,12H2. The van der Waals surface area contributed by atoms with Crippen LogP contribution < -0.4 is 5.73 Å². The van der Waals surface area contributed by atoms with Crippen molar-refractivity contribution in [2.75, 3.05) is 5.73 Å². The van der Waals surface area contributed by atoms with E-state index in [0.717, 1.165) is 5.56 Å². The SMILES string of the molecule is Nc1cnn(C=Cc2ccccc2)c1. The van der Waals surface area contributed by atoms with Crippen molar-refractivity contribution < 1.29 is 0 Å². The molecule has 0 aliphatic carbocycles. The molecule has 1 aromatic heterocycles. The molecule has 0 fully saturated rings. The number of benzene rings is 1. The summed E-state index contributed by atoms with van der Waals surface area (Å²) in [4.78, 5) is 0. The van der Waals surface area contributed by atoms with Crippen LogP contribution in [0.5, 0.6) is 0 Å². The number of nitrogens with zero attached hydrogens (tertiary/aromatic N) is 2.